The molecule has 1 amide bonds. The first-order valence-corrected chi connectivity index (χ1v) is 9.23. The Labute approximate surface area is 168 Å². The van der Waals surface area contributed by atoms with Crippen molar-refractivity contribution in [3.63, 3.8) is 0 Å². The van der Waals surface area contributed by atoms with E-state index in [1.54, 1.807) is 31.6 Å². The van der Waals surface area contributed by atoms with E-state index in [1.807, 2.05) is 30.3 Å². The molecule has 0 radical (unpaired) electrons. The van der Waals surface area contributed by atoms with E-state index < -0.39 is 0 Å². The number of phenolic OH excluding ortho intramolecular Hbond substituents is 1. The van der Waals surface area contributed by atoms with Gasteiger partial charge in [-0.1, -0.05) is 12.1 Å². The number of benzene rings is 2. The number of amides is 1. The maximum atomic E-state index is 12.7. The quantitative estimate of drug-likeness (QED) is 0.560. The molecule has 1 aliphatic rings. The van der Waals surface area contributed by atoms with Crippen LogP contribution in [0, 0.1) is 0 Å². The number of nitrogens with zero attached hydrogens (tertiary/aromatic N) is 1. The Hall–Kier alpha value is -3.58. The number of hydrogen-bond acceptors (Lipinski definition) is 6. The Balaban J connectivity index is 1.72. The van der Waals surface area contributed by atoms with Crippen LogP contribution < -0.4 is 15.4 Å². The number of aromatic hydroxyl groups is 1. The number of rotatable bonds is 6. The fourth-order valence-electron chi connectivity index (χ4n) is 3.27. The highest BCUT2D eigenvalue weighted by atomic mass is 16.5. The number of pyridine rings is 1. The molecule has 0 atom stereocenters. The summed E-state index contributed by atoms with van der Waals surface area (Å²) in [5, 5.41) is 17.9. The van der Waals surface area contributed by atoms with Gasteiger partial charge in [0.1, 0.15) is 18.1 Å². The van der Waals surface area contributed by atoms with Gasteiger partial charge in [-0.05, 0) is 35.7 Å². The first-order valence-electron chi connectivity index (χ1n) is 9.23. The van der Waals surface area contributed by atoms with Crippen LogP contribution in [0.4, 0.5) is 5.69 Å². The summed E-state index contributed by atoms with van der Waals surface area (Å²) >= 11 is 0. The Bertz CT molecular complexity index is 1090. The van der Waals surface area contributed by atoms with Crippen molar-refractivity contribution in [1.29, 1.82) is 0 Å². The van der Waals surface area contributed by atoms with Gasteiger partial charge in [0.05, 0.1) is 24.1 Å². The van der Waals surface area contributed by atoms with Crippen molar-refractivity contribution in [3.8, 4) is 11.5 Å². The molecule has 4 rings (SSSR count). The van der Waals surface area contributed by atoms with Crippen LogP contribution in [0.3, 0.4) is 0 Å². The second-order valence-corrected chi connectivity index (χ2v) is 6.60. The molecule has 0 saturated heterocycles. The van der Waals surface area contributed by atoms with Crippen molar-refractivity contribution in [2.75, 3.05) is 32.2 Å². The van der Waals surface area contributed by atoms with E-state index >= 15 is 0 Å². The highest BCUT2D eigenvalue weighted by molar-refractivity contribution is 6.05. The van der Waals surface area contributed by atoms with Crippen LogP contribution in [0.2, 0.25) is 0 Å². The van der Waals surface area contributed by atoms with E-state index in [2.05, 4.69) is 15.6 Å². The third-order valence-corrected chi connectivity index (χ3v) is 4.72. The van der Waals surface area contributed by atoms with Crippen molar-refractivity contribution in [3.05, 3.63) is 66.0 Å². The molecule has 2 aromatic carbocycles. The van der Waals surface area contributed by atoms with Crippen LogP contribution in [0.5, 0.6) is 11.5 Å². The maximum Gasteiger partial charge on any atom is 0.252 e. The summed E-state index contributed by atoms with van der Waals surface area (Å²) in [6.45, 7) is 0.968. The number of phenols is 1. The highest BCUT2D eigenvalue weighted by Gasteiger charge is 2.25. The Morgan fingerprint density at radius 3 is 3.03 bits per heavy atom. The lowest BCUT2D eigenvalue weighted by Crippen LogP contribution is -2.33. The van der Waals surface area contributed by atoms with Gasteiger partial charge in [0.2, 0.25) is 0 Å². The summed E-state index contributed by atoms with van der Waals surface area (Å²) in [5.74, 6) is 0.626. The van der Waals surface area contributed by atoms with Crippen LogP contribution in [-0.4, -0.2) is 42.9 Å². The number of nitrogens with one attached hydrogen (secondary N) is 2. The van der Waals surface area contributed by atoms with Gasteiger partial charge in [-0.15, -0.1) is 0 Å². The standard InChI is InChI=1S/C22H21N3O4/c1-28-10-9-24-22(27)18-13-29-20-12-23-8-7-17(20)21(18)25-15-5-6-16-14(11-15)3-2-4-19(16)26/h2-8,11-12,25-26H,9-10,13H2,1H3,(H,24,27). The summed E-state index contributed by atoms with van der Waals surface area (Å²) in [4.78, 5) is 16.8. The predicted molar refractivity (Wildman–Crippen MR) is 111 cm³/mol. The Morgan fingerprint density at radius 2 is 2.17 bits per heavy atom. The van der Waals surface area contributed by atoms with Gasteiger partial charge < -0.3 is 25.2 Å². The largest absolute Gasteiger partial charge is 0.507 e. The maximum absolute atomic E-state index is 12.7. The van der Waals surface area contributed by atoms with Gasteiger partial charge in [0, 0.05) is 36.5 Å². The molecule has 0 spiro atoms. The lowest BCUT2D eigenvalue weighted by Gasteiger charge is -2.24. The Kier molecular flexibility index (Phi) is 5.31. The van der Waals surface area contributed by atoms with Gasteiger partial charge in [-0.2, -0.15) is 0 Å². The fraction of sp³-hybridized carbons (Fsp3) is 0.182. The zero-order valence-electron chi connectivity index (χ0n) is 15.9. The van der Waals surface area contributed by atoms with Crippen molar-refractivity contribution < 1.29 is 19.4 Å². The fourth-order valence-corrected chi connectivity index (χ4v) is 3.27. The second-order valence-electron chi connectivity index (χ2n) is 6.60. The van der Waals surface area contributed by atoms with E-state index in [0.29, 0.717) is 30.2 Å². The molecule has 0 bridgehead atoms. The molecular formula is C22H21N3O4. The number of carbonyl (C=O) groups is 1. The van der Waals surface area contributed by atoms with E-state index in [4.69, 9.17) is 9.47 Å². The molecule has 1 aliphatic heterocycles. The van der Waals surface area contributed by atoms with Crippen molar-refractivity contribution in [2.45, 2.75) is 0 Å². The molecule has 7 heteroatoms. The monoisotopic (exact) mass is 391 g/mol. The van der Waals surface area contributed by atoms with E-state index in [0.717, 1.165) is 22.0 Å². The summed E-state index contributed by atoms with van der Waals surface area (Å²) in [6.07, 6.45) is 3.29. The highest BCUT2D eigenvalue weighted by Crippen LogP contribution is 2.34. The minimum Gasteiger partial charge on any atom is -0.507 e. The lowest BCUT2D eigenvalue weighted by atomic mass is 10.0. The number of ether oxygens (including phenoxy) is 2. The number of hydrogen-bond donors (Lipinski definition) is 3. The summed E-state index contributed by atoms with van der Waals surface area (Å²) < 4.78 is 10.7. The molecular weight excluding hydrogens is 370 g/mol. The molecule has 0 saturated carbocycles. The van der Waals surface area contributed by atoms with Crippen molar-refractivity contribution >= 4 is 28.1 Å². The SMILES string of the molecule is COCCNC(=O)C1=C(Nc2ccc3c(O)cccc3c2)c2ccncc2OC1. The zero-order valence-corrected chi connectivity index (χ0v) is 15.9. The number of aromatic nitrogens is 1. The first kappa shape index (κ1) is 18.8. The van der Waals surface area contributed by atoms with Gasteiger partial charge >= 0.3 is 0 Å². The number of anilines is 1. The van der Waals surface area contributed by atoms with Gasteiger partial charge in [-0.3, -0.25) is 9.78 Å². The van der Waals surface area contributed by atoms with Crippen LogP contribution in [-0.2, 0) is 9.53 Å². The number of fused-ring (bicyclic) bond motifs is 2. The molecule has 1 aromatic heterocycles. The summed E-state index contributed by atoms with van der Waals surface area (Å²) in [6, 6.07) is 12.8. The normalized spacial score (nSPS) is 13.0. The third kappa shape index (κ3) is 3.86. The third-order valence-electron chi connectivity index (χ3n) is 4.72. The smallest absolute Gasteiger partial charge is 0.252 e. The van der Waals surface area contributed by atoms with Crippen LogP contribution >= 0.6 is 0 Å². The van der Waals surface area contributed by atoms with Gasteiger partial charge in [-0.25, -0.2) is 0 Å². The predicted octanol–water partition coefficient (Wildman–Crippen LogP) is 2.92. The van der Waals surface area contributed by atoms with Crippen LogP contribution in [0.15, 0.2) is 60.4 Å². The molecule has 148 valence electrons. The summed E-state index contributed by atoms with van der Waals surface area (Å²) in [5.41, 5.74) is 2.72. The average molecular weight is 391 g/mol. The lowest BCUT2D eigenvalue weighted by molar-refractivity contribution is -0.118. The molecule has 3 aromatic rings. The van der Waals surface area contributed by atoms with E-state index in [-0.39, 0.29) is 18.3 Å². The van der Waals surface area contributed by atoms with Gasteiger partial charge in [0.25, 0.3) is 5.91 Å². The van der Waals surface area contributed by atoms with E-state index in [9.17, 15) is 9.90 Å². The van der Waals surface area contributed by atoms with Crippen molar-refractivity contribution in [2.24, 2.45) is 0 Å². The molecule has 0 unspecified atom stereocenters. The molecule has 0 aliphatic carbocycles. The van der Waals surface area contributed by atoms with Crippen LogP contribution in [0.1, 0.15) is 5.56 Å². The van der Waals surface area contributed by atoms with Crippen LogP contribution in [0.25, 0.3) is 16.5 Å². The summed E-state index contributed by atoms with van der Waals surface area (Å²) in [7, 11) is 1.59. The van der Waals surface area contributed by atoms with Crippen molar-refractivity contribution in [1.82, 2.24) is 10.3 Å². The molecule has 29 heavy (non-hydrogen) atoms. The molecule has 7 nitrogen and oxygen atoms in total. The molecule has 2 heterocycles. The number of carbonyl (C=O) groups excluding carboxylic acids is 1. The Morgan fingerprint density at radius 1 is 1.28 bits per heavy atom. The average Bonchev–Trinajstić information content (AvgIpc) is 2.74. The molecule has 0 fully saturated rings. The minimum absolute atomic E-state index is 0.133. The zero-order chi connectivity index (χ0) is 20.2. The molecule has 3 N–H and O–H groups in total. The second kappa shape index (κ2) is 8.20. The minimum atomic E-state index is -0.217. The topological polar surface area (TPSA) is 92.7 Å². The van der Waals surface area contributed by atoms with E-state index in [1.165, 1.54) is 0 Å². The van der Waals surface area contributed by atoms with Gasteiger partial charge in [0.15, 0.2) is 0 Å². The first-order chi connectivity index (χ1) is 14.2. The number of methoxy groups -OCH3 is 1.